The average molecular weight is 332 g/mol. The van der Waals surface area contributed by atoms with Crippen molar-refractivity contribution in [3.05, 3.63) is 16.0 Å². The zero-order chi connectivity index (χ0) is 16.6. The van der Waals surface area contributed by atoms with Gasteiger partial charge in [-0.25, -0.2) is 0 Å². The Hall–Kier alpha value is -1.38. The van der Waals surface area contributed by atoms with E-state index in [-0.39, 0.29) is 17.2 Å². The zero-order valence-corrected chi connectivity index (χ0v) is 14.9. The molecule has 1 aromatic rings. The molecule has 1 fully saturated rings. The van der Waals surface area contributed by atoms with Gasteiger partial charge < -0.3 is 10.1 Å². The number of nitriles is 1. The molecule has 0 aromatic carbocycles. The summed E-state index contributed by atoms with van der Waals surface area (Å²) in [7, 11) is 0. The van der Waals surface area contributed by atoms with Crippen LogP contribution in [0.4, 0.5) is 5.00 Å². The fraction of sp³-hybridized carbons (Fsp3) is 0.667. The summed E-state index contributed by atoms with van der Waals surface area (Å²) in [5.41, 5.74) is 2.12. The van der Waals surface area contributed by atoms with Gasteiger partial charge in [-0.1, -0.05) is 20.8 Å². The van der Waals surface area contributed by atoms with Gasteiger partial charge in [0, 0.05) is 11.5 Å². The van der Waals surface area contributed by atoms with Crippen molar-refractivity contribution in [1.82, 2.24) is 0 Å². The molecule has 1 N–H and O–H groups in total. The van der Waals surface area contributed by atoms with Crippen molar-refractivity contribution >= 4 is 22.2 Å². The number of hydrogen-bond acceptors (Lipinski definition) is 4. The third-order valence-electron chi connectivity index (χ3n) is 5.14. The number of thiophene rings is 1. The van der Waals surface area contributed by atoms with Crippen molar-refractivity contribution in [1.29, 1.82) is 5.26 Å². The maximum absolute atomic E-state index is 12.3. The molecule has 0 bridgehead atoms. The molecule has 1 amide bonds. The third kappa shape index (κ3) is 3.29. The summed E-state index contributed by atoms with van der Waals surface area (Å²) in [6.07, 6.45) is 3.84. The summed E-state index contributed by atoms with van der Waals surface area (Å²) in [6, 6.07) is 2.32. The lowest BCUT2D eigenvalue weighted by molar-refractivity contribution is -0.119. The van der Waals surface area contributed by atoms with E-state index in [1.165, 1.54) is 4.88 Å². The maximum Gasteiger partial charge on any atom is 0.230 e. The van der Waals surface area contributed by atoms with E-state index < -0.39 is 0 Å². The summed E-state index contributed by atoms with van der Waals surface area (Å²) >= 11 is 1.60. The van der Waals surface area contributed by atoms with Crippen molar-refractivity contribution in [2.45, 2.75) is 46.5 Å². The molecule has 0 unspecified atom stereocenters. The van der Waals surface area contributed by atoms with E-state index in [0.29, 0.717) is 24.7 Å². The van der Waals surface area contributed by atoms with E-state index in [0.717, 1.165) is 36.2 Å². The molecule has 2 atom stereocenters. The summed E-state index contributed by atoms with van der Waals surface area (Å²) in [5.74, 6) is 0.542. The molecule has 3 rings (SSSR count). The van der Waals surface area contributed by atoms with Gasteiger partial charge in [0.2, 0.25) is 5.91 Å². The van der Waals surface area contributed by atoms with Crippen molar-refractivity contribution in [3.63, 3.8) is 0 Å². The van der Waals surface area contributed by atoms with Gasteiger partial charge in [0.05, 0.1) is 18.1 Å². The van der Waals surface area contributed by atoms with Crippen LogP contribution in [0.15, 0.2) is 0 Å². The van der Waals surface area contributed by atoms with Gasteiger partial charge in [-0.15, -0.1) is 11.3 Å². The lowest BCUT2D eigenvalue weighted by Crippen LogP contribution is -2.26. The lowest BCUT2D eigenvalue weighted by atomic mass is 9.72. The Balaban J connectivity index is 1.82. The largest absolute Gasteiger partial charge is 0.381 e. The van der Waals surface area contributed by atoms with E-state index in [4.69, 9.17) is 4.74 Å². The fourth-order valence-corrected chi connectivity index (χ4v) is 4.77. The van der Waals surface area contributed by atoms with Crippen LogP contribution in [0.3, 0.4) is 0 Å². The van der Waals surface area contributed by atoms with Crippen LogP contribution in [-0.2, 0) is 22.4 Å². The monoisotopic (exact) mass is 332 g/mol. The molecule has 4 nitrogen and oxygen atoms in total. The highest BCUT2D eigenvalue weighted by atomic mass is 32.1. The van der Waals surface area contributed by atoms with Crippen LogP contribution in [0.1, 0.15) is 49.6 Å². The van der Waals surface area contributed by atoms with E-state index >= 15 is 0 Å². The van der Waals surface area contributed by atoms with Crippen molar-refractivity contribution in [2.75, 3.05) is 18.5 Å². The molecule has 0 radical (unpaired) electrons. The molecule has 0 spiro atoms. The second kappa shape index (κ2) is 6.26. The zero-order valence-electron chi connectivity index (χ0n) is 14.1. The predicted molar refractivity (Wildman–Crippen MR) is 91.6 cm³/mol. The van der Waals surface area contributed by atoms with Gasteiger partial charge in [0.25, 0.3) is 0 Å². The summed E-state index contributed by atoms with van der Waals surface area (Å²) in [4.78, 5) is 13.6. The maximum atomic E-state index is 12.3. The number of anilines is 1. The van der Waals surface area contributed by atoms with E-state index in [1.54, 1.807) is 11.3 Å². The first-order valence-corrected chi connectivity index (χ1v) is 9.15. The topological polar surface area (TPSA) is 62.1 Å². The van der Waals surface area contributed by atoms with E-state index in [1.807, 2.05) is 0 Å². The normalized spacial score (nSPS) is 24.1. The van der Waals surface area contributed by atoms with Crippen LogP contribution in [0.2, 0.25) is 0 Å². The second-order valence-corrected chi connectivity index (χ2v) is 8.78. The summed E-state index contributed by atoms with van der Waals surface area (Å²) in [5, 5.41) is 13.3. The van der Waals surface area contributed by atoms with Crippen LogP contribution in [0.25, 0.3) is 0 Å². The number of ether oxygens (including phenoxy) is 1. The Labute approximate surface area is 141 Å². The molecule has 23 heavy (non-hydrogen) atoms. The minimum Gasteiger partial charge on any atom is -0.381 e. The highest BCUT2D eigenvalue weighted by Crippen LogP contribution is 2.44. The average Bonchev–Trinajstić information content (AvgIpc) is 3.12. The lowest BCUT2D eigenvalue weighted by Gasteiger charge is -2.33. The first-order chi connectivity index (χ1) is 10.9. The van der Waals surface area contributed by atoms with Crippen LogP contribution in [-0.4, -0.2) is 19.1 Å². The van der Waals surface area contributed by atoms with Crippen molar-refractivity contribution in [2.24, 2.45) is 17.3 Å². The predicted octanol–water partition coefficient (Wildman–Crippen LogP) is 3.75. The van der Waals surface area contributed by atoms with Crippen LogP contribution >= 0.6 is 11.3 Å². The standard InChI is InChI=1S/C18H24N2O2S/c1-18(2,3)12-4-5-13-14(9-19)17(23-15(13)8-12)20-16(21)11-6-7-22-10-11/h11-12H,4-8,10H2,1-3H3,(H,20,21)/t11-,12-/m0/s1. The number of hydrogen-bond donors (Lipinski definition) is 1. The number of carbonyl (C=O) groups excluding carboxylic acids is 1. The number of rotatable bonds is 2. The third-order valence-corrected chi connectivity index (χ3v) is 6.31. The van der Waals surface area contributed by atoms with Crippen LogP contribution < -0.4 is 5.32 Å². The first kappa shape index (κ1) is 16.5. The number of fused-ring (bicyclic) bond motifs is 1. The van der Waals surface area contributed by atoms with Gasteiger partial charge >= 0.3 is 0 Å². The summed E-state index contributed by atoms with van der Waals surface area (Å²) in [6.45, 7) is 7.99. The smallest absolute Gasteiger partial charge is 0.230 e. The Kier molecular flexibility index (Phi) is 4.48. The number of carbonyl (C=O) groups is 1. The fourth-order valence-electron chi connectivity index (χ4n) is 3.49. The van der Waals surface area contributed by atoms with Gasteiger partial charge in [-0.2, -0.15) is 5.26 Å². The quantitative estimate of drug-likeness (QED) is 0.897. The molecule has 1 aliphatic heterocycles. The molecule has 2 heterocycles. The van der Waals surface area contributed by atoms with Crippen molar-refractivity contribution < 1.29 is 9.53 Å². The number of nitrogens with one attached hydrogen (secondary N) is 1. The molecule has 5 heteroatoms. The van der Waals surface area contributed by atoms with Crippen LogP contribution in [0, 0.1) is 28.6 Å². The summed E-state index contributed by atoms with van der Waals surface area (Å²) < 4.78 is 5.28. The minimum atomic E-state index is -0.0806. The molecular formula is C18H24N2O2S. The molecule has 1 aromatic heterocycles. The molecular weight excluding hydrogens is 308 g/mol. The molecule has 1 aliphatic carbocycles. The van der Waals surface area contributed by atoms with Crippen LogP contribution in [0.5, 0.6) is 0 Å². The van der Waals surface area contributed by atoms with E-state index in [9.17, 15) is 10.1 Å². The van der Waals surface area contributed by atoms with Crippen molar-refractivity contribution in [3.8, 4) is 6.07 Å². The van der Waals surface area contributed by atoms with E-state index in [2.05, 4.69) is 32.2 Å². The molecule has 1 saturated heterocycles. The SMILES string of the molecule is CC(C)(C)[C@H]1CCc2c(sc(NC(=O)[C@H]3CCOC3)c2C#N)C1. The van der Waals surface area contributed by atoms with Gasteiger partial charge in [-0.3, -0.25) is 4.79 Å². The second-order valence-electron chi connectivity index (χ2n) is 7.68. The first-order valence-electron chi connectivity index (χ1n) is 8.33. The van der Waals surface area contributed by atoms with Gasteiger partial charge in [0.15, 0.2) is 0 Å². The number of amides is 1. The Morgan fingerprint density at radius 1 is 1.39 bits per heavy atom. The Bertz CT molecular complexity index is 645. The Morgan fingerprint density at radius 3 is 2.78 bits per heavy atom. The minimum absolute atomic E-state index is 0.00929. The highest BCUT2D eigenvalue weighted by Gasteiger charge is 2.33. The number of nitrogens with zero attached hydrogens (tertiary/aromatic N) is 1. The van der Waals surface area contributed by atoms with Gasteiger partial charge in [-0.05, 0) is 42.6 Å². The molecule has 0 saturated carbocycles. The molecule has 124 valence electrons. The molecule has 2 aliphatic rings. The Morgan fingerprint density at radius 2 is 2.17 bits per heavy atom. The van der Waals surface area contributed by atoms with Gasteiger partial charge in [0.1, 0.15) is 11.1 Å². The highest BCUT2D eigenvalue weighted by molar-refractivity contribution is 7.16.